The molecule has 0 aromatic heterocycles. The van der Waals surface area contributed by atoms with E-state index in [0.717, 1.165) is 6.42 Å². The largest absolute Gasteiger partial charge is 0.0622 e. The van der Waals surface area contributed by atoms with Gasteiger partial charge in [0, 0.05) is 0 Å². The summed E-state index contributed by atoms with van der Waals surface area (Å²) in [5.74, 6) is 0. The highest BCUT2D eigenvalue weighted by atomic mass is 14.1. The Kier molecular flexibility index (Phi) is 3.64. The van der Waals surface area contributed by atoms with Gasteiger partial charge in [-0.05, 0) is 34.2 Å². The monoisotopic (exact) mass is 258 g/mol. The first-order valence-electron chi connectivity index (χ1n) is 7.13. The quantitative estimate of drug-likeness (QED) is 0.575. The van der Waals surface area contributed by atoms with Gasteiger partial charge in [0.05, 0.1) is 0 Å². The molecule has 0 radical (unpaired) electrons. The van der Waals surface area contributed by atoms with E-state index in [-0.39, 0.29) is 0 Å². The summed E-state index contributed by atoms with van der Waals surface area (Å²) in [5, 5.41) is 0. The van der Waals surface area contributed by atoms with E-state index in [4.69, 9.17) is 0 Å². The molecule has 0 N–H and O–H groups in total. The second-order valence-electron chi connectivity index (χ2n) is 4.92. The highest BCUT2D eigenvalue weighted by molar-refractivity contribution is 5.78. The van der Waals surface area contributed by atoms with Crippen molar-refractivity contribution in [2.45, 2.75) is 13.3 Å². The van der Waals surface area contributed by atoms with Gasteiger partial charge in [-0.2, -0.15) is 0 Å². The lowest BCUT2D eigenvalue weighted by Gasteiger charge is -2.14. The lowest BCUT2D eigenvalue weighted by Crippen LogP contribution is -1.92. The lowest BCUT2D eigenvalue weighted by molar-refractivity contribution is 1.14. The molecule has 0 bridgehead atoms. The average molecular weight is 258 g/mol. The van der Waals surface area contributed by atoms with E-state index in [1.807, 2.05) is 0 Å². The Bertz CT molecular complexity index is 624. The summed E-state index contributed by atoms with van der Waals surface area (Å²) in [6, 6.07) is 27.9. The fraction of sp³-hybridized carbons (Fsp3) is 0.100. The highest BCUT2D eigenvalue weighted by Gasteiger charge is 2.09. The van der Waals surface area contributed by atoms with Crippen LogP contribution in [0.1, 0.15) is 12.5 Å². The first-order chi connectivity index (χ1) is 9.90. The smallest absolute Gasteiger partial charge is 0.0146 e. The number of benzene rings is 3. The van der Waals surface area contributed by atoms with E-state index >= 15 is 0 Å². The van der Waals surface area contributed by atoms with Crippen LogP contribution in [0, 0.1) is 0 Å². The van der Waals surface area contributed by atoms with Crippen LogP contribution in [-0.2, 0) is 6.42 Å². The van der Waals surface area contributed by atoms with Gasteiger partial charge in [0.1, 0.15) is 0 Å². The van der Waals surface area contributed by atoms with Crippen molar-refractivity contribution in [1.29, 1.82) is 0 Å². The van der Waals surface area contributed by atoms with Gasteiger partial charge < -0.3 is 0 Å². The summed E-state index contributed by atoms with van der Waals surface area (Å²) < 4.78 is 0. The van der Waals surface area contributed by atoms with Crippen molar-refractivity contribution in [3.05, 3.63) is 84.4 Å². The molecule has 0 heteroatoms. The van der Waals surface area contributed by atoms with E-state index in [1.165, 1.54) is 27.8 Å². The zero-order valence-corrected chi connectivity index (χ0v) is 11.7. The van der Waals surface area contributed by atoms with Gasteiger partial charge in [0.25, 0.3) is 0 Å². The Morgan fingerprint density at radius 1 is 0.550 bits per heavy atom. The summed E-state index contributed by atoms with van der Waals surface area (Å²) in [7, 11) is 0. The van der Waals surface area contributed by atoms with Gasteiger partial charge in [-0.15, -0.1) is 0 Å². The van der Waals surface area contributed by atoms with E-state index < -0.39 is 0 Å². The zero-order chi connectivity index (χ0) is 13.8. The van der Waals surface area contributed by atoms with Crippen LogP contribution in [0.3, 0.4) is 0 Å². The Hall–Kier alpha value is -2.34. The molecule has 0 aliphatic rings. The molecule has 0 saturated carbocycles. The fourth-order valence-corrected chi connectivity index (χ4v) is 2.74. The molecule has 98 valence electrons. The standard InChI is InChI=1S/C20H18/c1-2-18-19(16-10-5-3-6-11-16)14-9-15-20(18)17-12-7-4-8-13-17/h3-15H,2H2,1H3. The molecule has 0 atom stereocenters. The number of hydrogen-bond acceptors (Lipinski definition) is 0. The fourth-order valence-electron chi connectivity index (χ4n) is 2.74. The molecule has 0 unspecified atom stereocenters. The van der Waals surface area contributed by atoms with Crippen molar-refractivity contribution >= 4 is 0 Å². The van der Waals surface area contributed by atoms with Crippen molar-refractivity contribution < 1.29 is 0 Å². The normalized spacial score (nSPS) is 10.4. The zero-order valence-electron chi connectivity index (χ0n) is 11.7. The second kappa shape index (κ2) is 5.75. The lowest BCUT2D eigenvalue weighted by atomic mass is 9.90. The molecule has 0 nitrogen and oxygen atoms in total. The summed E-state index contributed by atoms with van der Waals surface area (Å²) in [5.41, 5.74) is 6.69. The van der Waals surface area contributed by atoms with Crippen LogP contribution >= 0.6 is 0 Å². The Labute approximate surface area is 120 Å². The summed E-state index contributed by atoms with van der Waals surface area (Å²) in [6.07, 6.45) is 1.04. The van der Waals surface area contributed by atoms with Gasteiger partial charge in [-0.1, -0.05) is 85.8 Å². The van der Waals surface area contributed by atoms with Crippen molar-refractivity contribution in [3.8, 4) is 22.3 Å². The molecule has 20 heavy (non-hydrogen) atoms. The van der Waals surface area contributed by atoms with Crippen molar-refractivity contribution in [2.75, 3.05) is 0 Å². The predicted octanol–water partition coefficient (Wildman–Crippen LogP) is 5.58. The third-order valence-electron chi connectivity index (χ3n) is 3.70. The van der Waals surface area contributed by atoms with Gasteiger partial charge in [-0.25, -0.2) is 0 Å². The van der Waals surface area contributed by atoms with Gasteiger partial charge in [0.15, 0.2) is 0 Å². The molecule has 3 aromatic carbocycles. The molecule has 0 spiro atoms. The summed E-state index contributed by atoms with van der Waals surface area (Å²) >= 11 is 0. The number of rotatable bonds is 3. The van der Waals surface area contributed by atoms with Gasteiger partial charge in [-0.3, -0.25) is 0 Å². The minimum absolute atomic E-state index is 1.04. The summed E-state index contributed by atoms with van der Waals surface area (Å²) in [4.78, 5) is 0. The Morgan fingerprint density at radius 3 is 1.40 bits per heavy atom. The maximum Gasteiger partial charge on any atom is -0.0146 e. The average Bonchev–Trinajstić information content (AvgIpc) is 2.55. The van der Waals surface area contributed by atoms with Crippen LogP contribution < -0.4 is 0 Å². The minimum Gasteiger partial charge on any atom is -0.0622 e. The van der Waals surface area contributed by atoms with Gasteiger partial charge >= 0.3 is 0 Å². The van der Waals surface area contributed by atoms with E-state index in [2.05, 4.69) is 85.8 Å². The third-order valence-corrected chi connectivity index (χ3v) is 3.70. The predicted molar refractivity (Wildman–Crippen MR) is 86.7 cm³/mol. The molecule has 0 heterocycles. The van der Waals surface area contributed by atoms with Crippen LogP contribution in [0.4, 0.5) is 0 Å². The van der Waals surface area contributed by atoms with Crippen LogP contribution in [-0.4, -0.2) is 0 Å². The SMILES string of the molecule is CCc1c(-c2ccccc2)cccc1-c1ccccc1. The van der Waals surface area contributed by atoms with Crippen molar-refractivity contribution in [1.82, 2.24) is 0 Å². The van der Waals surface area contributed by atoms with Crippen molar-refractivity contribution in [3.63, 3.8) is 0 Å². The first-order valence-corrected chi connectivity index (χ1v) is 7.13. The molecular weight excluding hydrogens is 240 g/mol. The molecule has 3 aromatic rings. The van der Waals surface area contributed by atoms with E-state index in [9.17, 15) is 0 Å². The molecule has 0 aliphatic heterocycles. The van der Waals surface area contributed by atoms with Crippen LogP contribution in [0.2, 0.25) is 0 Å². The highest BCUT2D eigenvalue weighted by Crippen LogP contribution is 2.32. The van der Waals surface area contributed by atoms with Crippen LogP contribution in [0.25, 0.3) is 22.3 Å². The van der Waals surface area contributed by atoms with Crippen molar-refractivity contribution in [2.24, 2.45) is 0 Å². The summed E-state index contributed by atoms with van der Waals surface area (Å²) in [6.45, 7) is 2.23. The molecular formula is C20H18. The molecule has 3 rings (SSSR count). The Balaban J connectivity index is 2.19. The molecule has 0 amide bonds. The van der Waals surface area contributed by atoms with E-state index in [1.54, 1.807) is 0 Å². The first kappa shape index (κ1) is 12.7. The van der Waals surface area contributed by atoms with Crippen LogP contribution in [0.15, 0.2) is 78.9 Å². The van der Waals surface area contributed by atoms with Crippen LogP contribution in [0.5, 0.6) is 0 Å². The van der Waals surface area contributed by atoms with E-state index in [0.29, 0.717) is 0 Å². The Morgan fingerprint density at radius 2 is 1.00 bits per heavy atom. The minimum atomic E-state index is 1.04. The number of hydrogen-bond donors (Lipinski definition) is 0. The molecule has 0 fully saturated rings. The molecule has 0 aliphatic carbocycles. The van der Waals surface area contributed by atoms with Gasteiger partial charge in [0.2, 0.25) is 0 Å². The maximum absolute atomic E-state index is 2.23. The maximum atomic E-state index is 2.23. The molecule has 0 saturated heterocycles. The third kappa shape index (κ3) is 2.37. The topological polar surface area (TPSA) is 0 Å². The second-order valence-corrected chi connectivity index (χ2v) is 4.92.